The van der Waals surface area contributed by atoms with Crippen LogP contribution in [0.3, 0.4) is 0 Å². The average Bonchev–Trinajstić information content (AvgIpc) is 2.60. The molecule has 1 aromatic carbocycles. The van der Waals surface area contributed by atoms with Crippen LogP contribution in [-0.2, 0) is 0 Å². The van der Waals surface area contributed by atoms with Gasteiger partial charge in [0.2, 0.25) is 5.75 Å². The molecule has 0 bridgehead atoms. The molecule has 0 aliphatic carbocycles. The molecule has 0 amide bonds. The molecule has 142 valence electrons. The van der Waals surface area contributed by atoms with Gasteiger partial charge in [0.1, 0.15) is 0 Å². The van der Waals surface area contributed by atoms with Gasteiger partial charge in [-0.2, -0.15) is 13.2 Å². The largest absolute Gasteiger partial charge is 0.493 e. The third kappa shape index (κ3) is 5.15. The second-order valence-corrected chi connectivity index (χ2v) is 5.91. The molecule has 8 heteroatoms. The molecule has 1 N–H and O–H groups in total. The zero-order valence-corrected chi connectivity index (χ0v) is 14.8. The van der Waals surface area contributed by atoms with E-state index >= 15 is 0 Å². The first kappa shape index (κ1) is 19.7. The summed E-state index contributed by atoms with van der Waals surface area (Å²) in [6, 6.07) is 3.12. The number of rotatable bonds is 7. The molecule has 0 unspecified atom stereocenters. The summed E-state index contributed by atoms with van der Waals surface area (Å²) in [5.74, 6) is 1.33. The van der Waals surface area contributed by atoms with Crippen molar-refractivity contribution in [2.45, 2.75) is 25.1 Å². The van der Waals surface area contributed by atoms with Crippen molar-refractivity contribution in [3.63, 3.8) is 0 Å². The third-order valence-corrected chi connectivity index (χ3v) is 4.37. The first-order valence-electron chi connectivity index (χ1n) is 8.21. The van der Waals surface area contributed by atoms with Crippen LogP contribution < -0.4 is 19.5 Å². The Morgan fingerprint density at radius 1 is 1.04 bits per heavy atom. The third-order valence-electron chi connectivity index (χ3n) is 4.37. The number of hydrogen-bond donors (Lipinski definition) is 1. The zero-order valence-electron chi connectivity index (χ0n) is 14.8. The number of piperazine rings is 1. The van der Waals surface area contributed by atoms with E-state index in [4.69, 9.17) is 14.2 Å². The molecule has 0 saturated carbocycles. The normalized spacial score (nSPS) is 17.2. The standard InChI is InChI=1S/C17H25F3N2O3/c1-23-14-10-12(11-15(24-2)16(14)25-3)13(4-5-17(18,19)20)22-8-6-21-7-9-22/h10-11,13,21H,4-9H2,1-3H3/t13-/m0/s1. The fourth-order valence-corrected chi connectivity index (χ4v) is 3.15. The number of hydrogen-bond acceptors (Lipinski definition) is 5. The summed E-state index contributed by atoms with van der Waals surface area (Å²) >= 11 is 0. The Balaban J connectivity index is 2.37. The fourth-order valence-electron chi connectivity index (χ4n) is 3.15. The van der Waals surface area contributed by atoms with Gasteiger partial charge in [-0.25, -0.2) is 0 Å². The summed E-state index contributed by atoms with van der Waals surface area (Å²) in [6.07, 6.45) is -5.03. The maximum absolute atomic E-state index is 12.8. The lowest BCUT2D eigenvalue weighted by molar-refractivity contribution is -0.138. The predicted molar refractivity (Wildman–Crippen MR) is 88.6 cm³/mol. The van der Waals surface area contributed by atoms with Crippen LogP contribution in [0.25, 0.3) is 0 Å². The van der Waals surface area contributed by atoms with E-state index in [0.29, 0.717) is 30.3 Å². The molecule has 1 fully saturated rings. The molecule has 1 heterocycles. The maximum Gasteiger partial charge on any atom is 0.389 e. The van der Waals surface area contributed by atoms with Gasteiger partial charge in [0.15, 0.2) is 11.5 Å². The highest BCUT2D eigenvalue weighted by Gasteiger charge is 2.32. The predicted octanol–water partition coefficient (Wildman–Crippen LogP) is 3.00. The smallest absolute Gasteiger partial charge is 0.389 e. The SMILES string of the molecule is COc1cc([C@H](CCC(F)(F)F)N2CCNCC2)cc(OC)c1OC. The number of alkyl halides is 3. The van der Waals surface area contributed by atoms with Gasteiger partial charge in [0, 0.05) is 38.6 Å². The molecular formula is C17H25F3N2O3. The van der Waals surface area contributed by atoms with E-state index in [1.807, 2.05) is 0 Å². The van der Waals surface area contributed by atoms with Gasteiger partial charge in [-0.1, -0.05) is 0 Å². The molecule has 0 aromatic heterocycles. The van der Waals surface area contributed by atoms with E-state index < -0.39 is 12.6 Å². The van der Waals surface area contributed by atoms with Crippen LogP contribution in [0.4, 0.5) is 13.2 Å². The summed E-state index contributed by atoms with van der Waals surface area (Å²) in [7, 11) is 4.49. The van der Waals surface area contributed by atoms with Crippen LogP contribution in [-0.4, -0.2) is 58.6 Å². The molecule has 1 aromatic rings. The van der Waals surface area contributed by atoms with Gasteiger partial charge in [-0.05, 0) is 24.1 Å². The van der Waals surface area contributed by atoms with Crippen molar-refractivity contribution in [3.8, 4) is 17.2 Å². The molecule has 1 aliphatic rings. The minimum Gasteiger partial charge on any atom is -0.493 e. The summed E-state index contributed by atoms with van der Waals surface area (Å²) in [5.41, 5.74) is 0.737. The number of benzene rings is 1. The monoisotopic (exact) mass is 362 g/mol. The quantitative estimate of drug-likeness (QED) is 0.808. The lowest BCUT2D eigenvalue weighted by Gasteiger charge is -2.36. The highest BCUT2D eigenvalue weighted by Crippen LogP contribution is 2.42. The average molecular weight is 362 g/mol. The molecule has 0 radical (unpaired) electrons. The van der Waals surface area contributed by atoms with E-state index in [1.54, 1.807) is 12.1 Å². The van der Waals surface area contributed by atoms with Gasteiger partial charge in [0.05, 0.1) is 21.3 Å². The van der Waals surface area contributed by atoms with Crippen LogP contribution >= 0.6 is 0 Å². The lowest BCUT2D eigenvalue weighted by atomic mass is 9.98. The number of methoxy groups -OCH3 is 3. The molecule has 1 atom stereocenters. The van der Waals surface area contributed by atoms with Crippen LogP contribution in [0.15, 0.2) is 12.1 Å². The molecule has 0 spiro atoms. The number of ether oxygens (including phenoxy) is 3. The first-order chi connectivity index (χ1) is 11.9. The topological polar surface area (TPSA) is 43.0 Å². The van der Waals surface area contributed by atoms with Gasteiger partial charge < -0.3 is 19.5 Å². The van der Waals surface area contributed by atoms with Crippen molar-refractivity contribution in [1.82, 2.24) is 10.2 Å². The van der Waals surface area contributed by atoms with Gasteiger partial charge in [0.25, 0.3) is 0 Å². The minimum absolute atomic E-state index is 0.0118. The van der Waals surface area contributed by atoms with E-state index in [-0.39, 0.29) is 12.5 Å². The van der Waals surface area contributed by atoms with Crippen molar-refractivity contribution < 1.29 is 27.4 Å². The lowest BCUT2D eigenvalue weighted by Crippen LogP contribution is -2.45. The first-order valence-corrected chi connectivity index (χ1v) is 8.21. The summed E-state index contributed by atoms with van der Waals surface area (Å²) in [4.78, 5) is 2.07. The number of nitrogens with zero attached hydrogens (tertiary/aromatic N) is 1. The molecule has 1 aliphatic heterocycles. The van der Waals surface area contributed by atoms with Crippen LogP contribution in [0.5, 0.6) is 17.2 Å². The Morgan fingerprint density at radius 2 is 1.60 bits per heavy atom. The van der Waals surface area contributed by atoms with Crippen molar-refractivity contribution in [1.29, 1.82) is 0 Å². The fraction of sp³-hybridized carbons (Fsp3) is 0.647. The maximum atomic E-state index is 12.8. The van der Waals surface area contributed by atoms with Crippen molar-refractivity contribution in [2.75, 3.05) is 47.5 Å². The van der Waals surface area contributed by atoms with Crippen molar-refractivity contribution in [2.24, 2.45) is 0 Å². The van der Waals surface area contributed by atoms with Crippen LogP contribution in [0.1, 0.15) is 24.4 Å². The van der Waals surface area contributed by atoms with Crippen LogP contribution in [0.2, 0.25) is 0 Å². The summed E-state index contributed by atoms with van der Waals surface area (Å²) < 4.78 is 54.4. The highest BCUT2D eigenvalue weighted by atomic mass is 19.4. The Kier molecular flexibility index (Phi) is 6.78. The Bertz CT molecular complexity index is 536. The molecule has 1 saturated heterocycles. The highest BCUT2D eigenvalue weighted by molar-refractivity contribution is 5.54. The Hall–Kier alpha value is -1.67. The summed E-state index contributed by atoms with van der Waals surface area (Å²) in [6.45, 7) is 2.90. The van der Waals surface area contributed by atoms with E-state index in [0.717, 1.165) is 18.7 Å². The van der Waals surface area contributed by atoms with Crippen molar-refractivity contribution >= 4 is 0 Å². The minimum atomic E-state index is -4.19. The molecular weight excluding hydrogens is 337 g/mol. The summed E-state index contributed by atoms with van der Waals surface area (Å²) in [5, 5.41) is 3.22. The number of nitrogens with one attached hydrogen (secondary N) is 1. The second-order valence-electron chi connectivity index (χ2n) is 5.91. The zero-order chi connectivity index (χ0) is 18.4. The van der Waals surface area contributed by atoms with E-state index in [2.05, 4.69) is 10.2 Å². The molecule has 5 nitrogen and oxygen atoms in total. The van der Waals surface area contributed by atoms with Crippen LogP contribution in [0, 0.1) is 0 Å². The van der Waals surface area contributed by atoms with Gasteiger partial charge in [-0.15, -0.1) is 0 Å². The second kappa shape index (κ2) is 8.62. The van der Waals surface area contributed by atoms with Gasteiger partial charge >= 0.3 is 6.18 Å². The van der Waals surface area contributed by atoms with Gasteiger partial charge in [-0.3, -0.25) is 4.90 Å². The van der Waals surface area contributed by atoms with E-state index in [9.17, 15) is 13.2 Å². The Morgan fingerprint density at radius 3 is 2.04 bits per heavy atom. The Labute approximate surface area is 146 Å². The van der Waals surface area contributed by atoms with E-state index in [1.165, 1.54) is 21.3 Å². The molecule has 2 rings (SSSR count). The van der Waals surface area contributed by atoms with Crippen molar-refractivity contribution in [3.05, 3.63) is 17.7 Å². The number of halogens is 3. The molecule has 25 heavy (non-hydrogen) atoms.